The van der Waals surface area contributed by atoms with E-state index in [1.54, 1.807) is 12.1 Å². The Kier molecular flexibility index (Phi) is 3.94. The number of fused-ring (bicyclic) bond motifs is 1. The summed E-state index contributed by atoms with van der Waals surface area (Å²) in [5, 5.41) is 0. The molecule has 1 atom stereocenters. The summed E-state index contributed by atoms with van der Waals surface area (Å²) in [5.74, 6) is -0.143. The Morgan fingerprint density at radius 3 is 2.57 bits per heavy atom. The van der Waals surface area contributed by atoms with Crippen molar-refractivity contribution in [2.75, 3.05) is 5.75 Å². The average molecular weight is 315 g/mol. The number of carbonyl (C=O) groups is 1. The summed E-state index contributed by atoms with van der Waals surface area (Å²) >= 11 is 1.38. The molecule has 0 aliphatic carbocycles. The molecule has 1 heterocycles. The third-order valence-electron chi connectivity index (χ3n) is 3.10. The zero-order valence-electron chi connectivity index (χ0n) is 11.4. The van der Waals surface area contributed by atoms with Gasteiger partial charge in [0.2, 0.25) is 0 Å². The number of carbonyl (C=O) groups excluding carboxylic acids is 1. The Bertz CT molecular complexity index is 789. The first-order valence-electron chi connectivity index (χ1n) is 6.47. The van der Waals surface area contributed by atoms with Gasteiger partial charge in [0, 0.05) is 5.56 Å². The van der Waals surface area contributed by atoms with Crippen LogP contribution in [0.1, 0.15) is 15.9 Å². The number of benzene rings is 2. The number of ketones is 1. The fourth-order valence-corrected chi connectivity index (χ4v) is 4.20. The van der Waals surface area contributed by atoms with Crippen molar-refractivity contribution in [1.82, 2.24) is 4.98 Å². The Hall–Kier alpha value is -1.85. The predicted molar refractivity (Wildman–Crippen MR) is 86.4 cm³/mol. The van der Waals surface area contributed by atoms with Crippen LogP contribution in [0.15, 0.2) is 52.9 Å². The van der Waals surface area contributed by atoms with E-state index >= 15 is 0 Å². The maximum Gasteiger partial charge on any atom is 0.182 e. The summed E-state index contributed by atoms with van der Waals surface area (Å²) in [5.41, 5.74) is 2.52. The molecule has 0 saturated heterocycles. The molecule has 0 fully saturated rings. The van der Waals surface area contributed by atoms with Crippen molar-refractivity contribution < 1.29 is 9.00 Å². The van der Waals surface area contributed by atoms with Crippen LogP contribution in [-0.4, -0.2) is 20.7 Å². The van der Waals surface area contributed by atoms with Crippen LogP contribution in [0, 0.1) is 6.92 Å². The Labute approximate surface area is 129 Å². The highest BCUT2D eigenvalue weighted by Gasteiger charge is 2.15. The van der Waals surface area contributed by atoms with Crippen LogP contribution in [0.3, 0.4) is 0 Å². The highest BCUT2D eigenvalue weighted by Crippen LogP contribution is 2.24. The first kappa shape index (κ1) is 14.1. The average Bonchev–Trinajstić information content (AvgIpc) is 2.92. The maximum absolute atomic E-state index is 12.3. The number of Topliss-reactive ketones (excluding diaryl/α,β-unsaturated/α-hetero) is 1. The molecule has 0 saturated carbocycles. The highest BCUT2D eigenvalue weighted by molar-refractivity contribution is 7.88. The number of aromatic nitrogens is 1. The number of nitrogens with zero attached hydrogens (tertiary/aromatic N) is 1. The SMILES string of the molecule is Cc1ccc(C(=O)CS(=O)c2nc3ccccc3s2)cc1. The largest absolute Gasteiger partial charge is 0.293 e. The van der Waals surface area contributed by atoms with Gasteiger partial charge in [0.15, 0.2) is 10.1 Å². The highest BCUT2D eigenvalue weighted by atomic mass is 32.2. The molecule has 21 heavy (non-hydrogen) atoms. The Morgan fingerprint density at radius 2 is 1.86 bits per heavy atom. The van der Waals surface area contributed by atoms with E-state index in [2.05, 4.69) is 4.98 Å². The molecule has 1 unspecified atom stereocenters. The second kappa shape index (κ2) is 5.87. The van der Waals surface area contributed by atoms with Gasteiger partial charge >= 0.3 is 0 Å². The number of para-hydroxylation sites is 1. The zero-order chi connectivity index (χ0) is 14.8. The molecular formula is C16H13NO2S2. The van der Waals surface area contributed by atoms with Crippen LogP contribution in [-0.2, 0) is 10.8 Å². The molecular weight excluding hydrogens is 302 g/mol. The Balaban J connectivity index is 1.79. The van der Waals surface area contributed by atoms with Gasteiger partial charge in [-0.05, 0) is 19.1 Å². The molecule has 3 aromatic rings. The summed E-state index contributed by atoms with van der Waals surface area (Å²) in [4.78, 5) is 16.5. The van der Waals surface area contributed by atoms with Gasteiger partial charge in [0.25, 0.3) is 0 Å². The third-order valence-corrected chi connectivity index (χ3v) is 5.75. The maximum atomic E-state index is 12.3. The number of hydrogen-bond acceptors (Lipinski definition) is 4. The van der Waals surface area contributed by atoms with Gasteiger partial charge in [-0.2, -0.15) is 0 Å². The fraction of sp³-hybridized carbons (Fsp3) is 0.125. The van der Waals surface area contributed by atoms with Crippen molar-refractivity contribution in [3.8, 4) is 0 Å². The molecule has 5 heteroatoms. The zero-order valence-corrected chi connectivity index (χ0v) is 13.0. The van der Waals surface area contributed by atoms with Crippen molar-refractivity contribution in [2.45, 2.75) is 11.3 Å². The normalized spacial score (nSPS) is 12.4. The van der Waals surface area contributed by atoms with Gasteiger partial charge in [-0.3, -0.25) is 9.00 Å². The lowest BCUT2D eigenvalue weighted by atomic mass is 10.1. The van der Waals surface area contributed by atoms with Crippen molar-refractivity contribution >= 4 is 38.1 Å². The number of thiazole rings is 1. The predicted octanol–water partition coefficient (Wildman–Crippen LogP) is 3.60. The van der Waals surface area contributed by atoms with E-state index < -0.39 is 10.8 Å². The molecule has 0 aliphatic heterocycles. The Morgan fingerprint density at radius 1 is 1.14 bits per heavy atom. The van der Waals surface area contributed by atoms with E-state index in [4.69, 9.17) is 0 Å². The molecule has 3 nitrogen and oxygen atoms in total. The quantitative estimate of drug-likeness (QED) is 0.691. The molecule has 0 radical (unpaired) electrons. The molecule has 2 aromatic carbocycles. The topological polar surface area (TPSA) is 47.0 Å². The lowest BCUT2D eigenvalue weighted by molar-refractivity contribution is 0.102. The molecule has 3 rings (SSSR count). The molecule has 106 valence electrons. The molecule has 0 bridgehead atoms. The van der Waals surface area contributed by atoms with Crippen LogP contribution in [0.25, 0.3) is 10.2 Å². The summed E-state index contributed by atoms with van der Waals surface area (Å²) in [6.07, 6.45) is 0. The summed E-state index contributed by atoms with van der Waals surface area (Å²) < 4.78 is 13.8. The van der Waals surface area contributed by atoms with Crippen molar-refractivity contribution in [1.29, 1.82) is 0 Å². The minimum atomic E-state index is -1.39. The summed E-state index contributed by atoms with van der Waals surface area (Å²) in [7, 11) is -1.39. The summed E-state index contributed by atoms with van der Waals surface area (Å²) in [6, 6.07) is 14.9. The molecule has 0 amide bonds. The lowest BCUT2D eigenvalue weighted by Gasteiger charge is -2.00. The molecule has 1 aromatic heterocycles. The van der Waals surface area contributed by atoms with Crippen LogP contribution in [0.2, 0.25) is 0 Å². The molecule has 0 N–H and O–H groups in total. The number of rotatable bonds is 4. The summed E-state index contributed by atoms with van der Waals surface area (Å²) in [6.45, 7) is 1.97. The lowest BCUT2D eigenvalue weighted by Crippen LogP contribution is -2.10. The van der Waals surface area contributed by atoms with Gasteiger partial charge in [0.05, 0.1) is 26.8 Å². The van der Waals surface area contributed by atoms with Crippen molar-refractivity contribution in [3.05, 3.63) is 59.7 Å². The minimum absolute atomic E-state index is 0.0249. The second-order valence-corrected chi connectivity index (χ2v) is 7.38. The van der Waals surface area contributed by atoms with E-state index in [9.17, 15) is 9.00 Å². The number of aryl methyl sites for hydroxylation is 1. The first-order valence-corrected chi connectivity index (χ1v) is 8.61. The molecule has 0 aliphatic rings. The van der Waals surface area contributed by atoms with E-state index in [0.717, 1.165) is 15.8 Å². The smallest absolute Gasteiger partial charge is 0.182 e. The molecule has 0 spiro atoms. The van der Waals surface area contributed by atoms with Crippen molar-refractivity contribution in [3.63, 3.8) is 0 Å². The van der Waals surface area contributed by atoms with Crippen LogP contribution >= 0.6 is 11.3 Å². The van der Waals surface area contributed by atoms with E-state index in [1.807, 2.05) is 43.3 Å². The van der Waals surface area contributed by atoms with Crippen LogP contribution in [0.5, 0.6) is 0 Å². The second-order valence-electron chi connectivity index (χ2n) is 4.73. The van der Waals surface area contributed by atoms with E-state index in [-0.39, 0.29) is 11.5 Å². The van der Waals surface area contributed by atoms with E-state index in [0.29, 0.717) is 9.90 Å². The standard InChI is InChI=1S/C16H13NO2S2/c1-11-6-8-12(9-7-11)14(18)10-21(19)16-17-13-4-2-3-5-15(13)20-16/h2-9H,10H2,1H3. The van der Waals surface area contributed by atoms with Crippen molar-refractivity contribution in [2.24, 2.45) is 0 Å². The van der Waals surface area contributed by atoms with E-state index in [1.165, 1.54) is 11.3 Å². The van der Waals surface area contributed by atoms with Gasteiger partial charge in [0.1, 0.15) is 0 Å². The van der Waals surface area contributed by atoms with Gasteiger partial charge in [-0.1, -0.05) is 42.0 Å². The van der Waals surface area contributed by atoms with Crippen LogP contribution < -0.4 is 0 Å². The van der Waals surface area contributed by atoms with Gasteiger partial charge in [-0.25, -0.2) is 4.98 Å². The number of hydrogen-bond donors (Lipinski definition) is 0. The van der Waals surface area contributed by atoms with Gasteiger partial charge < -0.3 is 0 Å². The monoisotopic (exact) mass is 315 g/mol. The van der Waals surface area contributed by atoms with Crippen LogP contribution in [0.4, 0.5) is 0 Å². The van der Waals surface area contributed by atoms with Gasteiger partial charge in [-0.15, -0.1) is 11.3 Å². The first-order chi connectivity index (χ1) is 10.1. The fourth-order valence-electron chi connectivity index (χ4n) is 1.95. The minimum Gasteiger partial charge on any atom is -0.293 e. The third kappa shape index (κ3) is 3.09.